The number of amides is 2. The Kier molecular flexibility index (Phi) is 4.79. The van der Waals surface area contributed by atoms with Gasteiger partial charge in [0.15, 0.2) is 0 Å². The smallest absolute Gasteiger partial charge is 0.337 e. The molecule has 1 rings (SSSR count). The number of rotatable bonds is 4. The number of carboxylic acids is 1. The van der Waals surface area contributed by atoms with Crippen molar-refractivity contribution in [3.63, 3.8) is 0 Å². The van der Waals surface area contributed by atoms with E-state index >= 15 is 0 Å². The van der Waals surface area contributed by atoms with Crippen molar-refractivity contribution in [3.05, 3.63) is 23.9 Å². The van der Waals surface area contributed by atoms with E-state index < -0.39 is 17.3 Å². The second kappa shape index (κ2) is 6.14. The molecule has 0 unspecified atom stereocenters. The van der Waals surface area contributed by atoms with Gasteiger partial charge in [0.25, 0.3) is 0 Å². The van der Waals surface area contributed by atoms with E-state index in [9.17, 15) is 14.4 Å². The first-order valence-corrected chi connectivity index (χ1v) is 5.97. The van der Waals surface area contributed by atoms with E-state index in [2.05, 4.69) is 15.6 Å². The van der Waals surface area contributed by atoms with Gasteiger partial charge < -0.3 is 15.7 Å². The molecule has 0 atom stereocenters. The lowest BCUT2D eigenvalue weighted by Gasteiger charge is -2.17. The predicted octanol–water partition coefficient (Wildman–Crippen LogP) is 0.881. The van der Waals surface area contributed by atoms with Crippen LogP contribution < -0.4 is 10.6 Å². The molecule has 0 aliphatic rings. The molecule has 0 spiro atoms. The van der Waals surface area contributed by atoms with Crippen molar-refractivity contribution in [2.75, 3.05) is 11.9 Å². The molecule has 0 aliphatic carbocycles. The van der Waals surface area contributed by atoms with Gasteiger partial charge in [-0.15, -0.1) is 0 Å². The standard InChI is InChI=1S/C13H17N3O4/c1-13(2,3)12(20)15-7-10(17)16-9-5-4-8(6-14-9)11(18)19/h4-6H,7H2,1-3H3,(H,15,20)(H,18,19)(H,14,16,17). The van der Waals surface area contributed by atoms with Crippen LogP contribution in [0.1, 0.15) is 31.1 Å². The van der Waals surface area contributed by atoms with E-state index in [-0.39, 0.29) is 23.8 Å². The number of carbonyl (C=O) groups excluding carboxylic acids is 2. The predicted molar refractivity (Wildman–Crippen MR) is 72.3 cm³/mol. The zero-order chi connectivity index (χ0) is 15.3. The van der Waals surface area contributed by atoms with Gasteiger partial charge >= 0.3 is 5.97 Å². The molecule has 3 N–H and O–H groups in total. The molecule has 7 nitrogen and oxygen atoms in total. The molecule has 108 valence electrons. The number of hydrogen-bond acceptors (Lipinski definition) is 4. The average molecular weight is 279 g/mol. The zero-order valence-electron chi connectivity index (χ0n) is 11.6. The summed E-state index contributed by atoms with van der Waals surface area (Å²) < 4.78 is 0. The van der Waals surface area contributed by atoms with Gasteiger partial charge in [-0.3, -0.25) is 9.59 Å². The summed E-state index contributed by atoms with van der Waals surface area (Å²) in [5, 5.41) is 13.7. The van der Waals surface area contributed by atoms with Crippen LogP contribution >= 0.6 is 0 Å². The molecule has 2 amide bonds. The van der Waals surface area contributed by atoms with Crippen LogP contribution in [0, 0.1) is 5.41 Å². The fraction of sp³-hybridized carbons (Fsp3) is 0.385. The summed E-state index contributed by atoms with van der Waals surface area (Å²) in [6.07, 6.45) is 1.14. The minimum absolute atomic E-state index is 0.0315. The quantitative estimate of drug-likeness (QED) is 0.758. The second-order valence-corrected chi connectivity index (χ2v) is 5.22. The fourth-order valence-electron chi connectivity index (χ4n) is 1.21. The highest BCUT2D eigenvalue weighted by molar-refractivity contribution is 5.95. The van der Waals surface area contributed by atoms with E-state index in [1.165, 1.54) is 12.1 Å². The number of anilines is 1. The summed E-state index contributed by atoms with van der Waals surface area (Å²) in [6, 6.07) is 2.71. The summed E-state index contributed by atoms with van der Waals surface area (Å²) >= 11 is 0. The van der Waals surface area contributed by atoms with Crippen molar-refractivity contribution in [3.8, 4) is 0 Å². The van der Waals surface area contributed by atoms with Crippen molar-refractivity contribution >= 4 is 23.6 Å². The Hall–Kier alpha value is -2.44. The lowest BCUT2D eigenvalue weighted by Crippen LogP contribution is -2.39. The Morgan fingerprint density at radius 3 is 2.35 bits per heavy atom. The maximum Gasteiger partial charge on any atom is 0.337 e. The van der Waals surface area contributed by atoms with Crippen LogP contribution in [0.15, 0.2) is 18.3 Å². The highest BCUT2D eigenvalue weighted by Crippen LogP contribution is 2.12. The summed E-state index contributed by atoms with van der Waals surface area (Å²) in [5.74, 6) is -1.53. The summed E-state index contributed by atoms with van der Waals surface area (Å²) in [5.41, 5.74) is -0.536. The largest absolute Gasteiger partial charge is 0.478 e. The van der Waals surface area contributed by atoms with Gasteiger partial charge in [-0.1, -0.05) is 20.8 Å². The molecule has 0 aromatic carbocycles. The third-order valence-electron chi connectivity index (χ3n) is 2.37. The van der Waals surface area contributed by atoms with Crippen LogP contribution in [0.3, 0.4) is 0 Å². The number of pyridine rings is 1. The summed E-state index contributed by atoms with van der Waals surface area (Å²) in [7, 11) is 0. The minimum Gasteiger partial charge on any atom is -0.478 e. The lowest BCUT2D eigenvalue weighted by atomic mass is 9.96. The first-order chi connectivity index (χ1) is 9.20. The number of nitrogens with zero attached hydrogens (tertiary/aromatic N) is 1. The Morgan fingerprint density at radius 1 is 1.25 bits per heavy atom. The first kappa shape index (κ1) is 15.6. The number of aromatic nitrogens is 1. The molecule has 0 bridgehead atoms. The van der Waals surface area contributed by atoms with Crippen molar-refractivity contribution in [2.24, 2.45) is 5.41 Å². The highest BCUT2D eigenvalue weighted by Gasteiger charge is 2.21. The highest BCUT2D eigenvalue weighted by atomic mass is 16.4. The molecule has 0 radical (unpaired) electrons. The van der Waals surface area contributed by atoms with Crippen molar-refractivity contribution in [2.45, 2.75) is 20.8 Å². The molecule has 0 saturated heterocycles. The summed E-state index contributed by atoms with van der Waals surface area (Å²) in [4.78, 5) is 37.6. The van der Waals surface area contributed by atoms with Gasteiger partial charge in [-0.25, -0.2) is 9.78 Å². The molecule has 1 heterocycles. The zero-order valence-corrected chi connectivity index (χ0v) is 11.6. The van der Waals surface area contributed by atoms with E-state index in [1.807, 2.05) is 0 Å². The monoisotopic (exact) mass is 279 g/mol. The second-order valence-electron chi connectivity index (χ2n) is 5.22. The third kappa shape index (κ3) is 4.68. The molecule has 0 saturated carbocycles. The van der Waals surface area contributed by atoms with Crippen molar-refractivity contribution in [1.82, 2.24) is 10.3 Å². The van der Waals surface area contributed by atoms with Crippen LogP contribution in [0.25, 0.3) is 0 Å². The fourth-order valence-corrected chi connectivity index (χ4v) is 1.21. The van der Waals surface area contributed by atoms with Crippen molar-refractivity contribution < 1.29 is 19.5 Å². The van der Waals surface area contributed by atoms with Crippen LogP contribution in [0.4, 0.5) is 5.82 Å². The molecule has 7 heteroatoms. The molecule has 0 aliphatic heterocycles. The Labute approximate surface area is 116 Å². The summed E-state index contributed by atoms with van der Waals surface area (Å²) in [6.45, 7) is 5.06. The van der Waals surface area contributed by atoms with Crippen LogP contribution in [0.5, 0.6) is 0 Å². The number of carbonyl (C=O) groups is 3. The van der Waals surface area contributed by atoms with Gasteiger partial charge in [0.05, 0.1) is 12.1 Å². The van der Waals surface area contributed by atoms with Crippen LogP contribution in [-0.2, 0) is 9.59 Å². The van der Waals surface area contributed by atoms with Crippen molar-refractivity contribution in [1.29, 1.82) is 0 Å². The number of aromatic carboxylic acids is 1. The van der Waals surface area contributed by atoms with Crippen LogP contribution in [0.2, 0.25) is 0 Å². The Morgan fingerprint density at radius 2 is 1.90 bits per heavy atom. The van der Waals surface area contributed by atoms with Gasteiger partial charge in [0, 0.05) is 11.6 Å². The normalized spacial score (nSPS) is 10.8. The number of carboxylic acid groups (broad SMARTS) is 1. The minimum atomic E-state index is -1.09. The molecular weight excluding hydrogens is 262 g/mol. The topological polar surface area (TPSA) is 108 Å². The Bertz CT molecular complexity index is 517. The molecular formula is C13H17N3O4. The van der Waals surface area contributed by atoms with E-state index in [0.29, 0.717) is 0 Å². The van der Waals surface area contributed by atoms with Gasteiger partial charge in [-0.2, -0.15) is 0 Å². The van der Waals surface area contributed by atoms with E-state index in [0.717, 1.165) is 6.20 Å². The maximum absolute atomic E-state index is 11.6. The van der Waals surface area contributed by atoms with Gasteiger partial charge in [0.2, 0.25) is 11.8 Å². The van der Waals surface area contributed by atoms with Gasteiger partial charge in [-0.05, 0) is 12.1 Å². The first-order valence-electron chi connectivity index (χ1n) is 5.97. The van der Waals surface area contributed by atoms with E-state index in [4.69, 9.17) is 5.11 Å². The number of nitrogens with one attached hydrogen (secondary N) is 2. The molecule has 1 aromatic rings. The Balaban J connectivity index is 2.51. The van der Waals surface area contributed by atoms with Gasteiger partial charge in [0.1, 0.15) is 5.82 Å². The molecule has 1 aromatic heterocycles. The third-order valence-corrected chi connectivity index (χ3v) is 2.37. The maximum atomic E-state index is 11.6. The SMILES string of the molecule is CC(C)(C)C(=O)NCC(=O)Nc1ccc(C(=O)O)cn1. The van der Waals surface area contributed by atoms with Crippen LogP contribution in [-0.4, -0.2) is 34.4 Å². The average Bonchev–Trinajstić information content (AvgIpc) is 2.35. The van der Waals surface area contributed by atoms with E-state index in [1.54, 1.807) is 20.8 Å². The molecule has 0 fully saturated rings. The molecule has 20 heavy (non-hydrogen) atoms. The lowest BCUT2D eigenvalue weighted by molar-refractivity contribution is -0.130. The number of hydrogen-bond donors (Lipinski definition) is 3.